The standard InChI is InChI=1S/C13H16N4O5S.C11H14N4O4S/c1-3-6-4-7(21-5(2)18)11(22-6)17-9-8(23-13(17)20)10(19)16-12(14)15-9;1-4-15(10-6(17)2-5(3-16)19-10)8-7(20-4)9(18)14-11(12)13-8/h6-7,11H,3-4H2,1-2H3,(H3,14,15,16,19);5-6,10,16-17H,1-3H2,(H3,12,13,14,18)/t6-,7-,11-;5-,6+,10+/m10/s1. The number of nitrogens with zero attached hydrogens (tertiary/aromatic N) is 4. The Kier molecular flexibility index (Phi) is 8.63. The summed E-state index contributed by atoms with van der Waals surface area (Å²) < 4.78 is 18.1. The maximum absolute atomic E-state index is 12.3. The number of aromatic amines is 2. The van der Waals surface area contributed by atoms with E-state index in [1.807, 2.05) is 6.92 Å². The molecule has 0 aromatic carbocycles. The van der Waals surface area contributed by atoms with E-state index < -0.39 is 47.2 Å². The van der Waals surface area contributed by atoms with E-state index in [2.05, 4.69) is 26.5 Å². The second-order valence-corrected chi connectivity index (χ2v) is 11.9. The van der Waals surface area contributed by atoms with Crippen LogP contribution >= 0.6 is 23.1 Å². The molecule has 3 aliphatic heterocycles. The third-order valence-electron chi connectivity index (χ3n) is 6.88. The maximum Gasteiger partial charge on any atom is 0.311 e. The molecule has 3 aliphatic rings. The van der Waals surface area contributed by atoms with Crippen molar-refractivity contribution in [3.05, 3.63) is 42.0 Å². The zero-order valence-electron chi connectivity index (χ0n) is 23.0. The first-order chi connectivity index (χ1) is 20.4. The Morgan fingerprint density at radius 2 is 1.79 bits per heavy atom. The van der Waals surface area contributed by atoms with Gasteiger partial charge in [-0.1, -0.05) is 36.6 Å². The summed E-state index contributed by atoms with van der Waals surface area (Å²) in [5, 5.41) is 19.7. The second-order valence-electron chi connectivity index (χ2n) is 9.89. The fraction of sp³-hybridized carbons (Fsp3) is 0.500. The van der Waals surface area contributed by atoms with Crippen molar-refractivity contribution in [1.82, 2.24) is 24.5 Å². The number of nitrogens with one attached hydrogen (secondary N) is 2. The van der Waals surface area contributed by atoms with Crippen molar-refractivity contribution >= 4 is 57.1 Å². The number of carbonyl (C=O) groups excluding carboxylic acids is 1. The summed E-state index contributed by atoms with van der Waals surface area (Å²) in [5.41, 5.74) is 10.4. The molecule has 43 heavy (non-hydrogen) atoms. The van der Waals surface area contributed by atoms with E-state index in [-0.39, 0.29) is 40.5 Å². The number of fused-ring (bicyclic) bond motifs is 2. The third-order valence-corrected chi connectivity index (χ3v) is 8.83. The number of aliphatic hydroxyl groups excluding tert-OH is 2. The first-order valence-corrected chi connectivity index (χ1v) is 14.8. The van der Waals surface area contributed by atoms with Crippen molar-refractivity contribution in [2.75, 3.05) is 23.0 Å². The Morgan fingerprint density at radius 1 is 1.12 bits per heavy atom. The monoisotopic (exact) mass is 638 g/mol. The van der Waals surface area contributed by atoms with Crippen LogP contribution in [0.2, 0.25) is 0 Å². The average Bonchev–Trinajstić information content (AvgIpc) is 3.67. The van der Waals surface area contributed by atoms with Crippen molar-refractivity contribution in [2.24, 2.45) is 0 Å². The lowest BCUT2D eigenvalue weighted by Crippen LogP contribution is -2.40. The van der Waals surface area contributed by atoms with Gasteiger partial charge in [0.15, 0.2) is 23.9 Å². The fourth-order valence-corrected chi connectivity index (χ4v) is 6.79. The number of aromatic nitrogens is 5. The molecule has 19 heteroatoms. The van der Waals surface area contributed by atoms with Gasteiger partial charge in [-0.05, 0) is 6.42 Å². The van der Waals surface area contributed by atoms with E-state index in [1.165, 1.54) is 11.5 Å². The highest BCUT2D eigenvalue weighted by Gasteiger charge is 2.44. The number of ether oxygens (including phenoxy) is 3. The summed E-state index contributed by atoms with van der Waals surface area (Å²) in [6.45, 7) is 6.91. The summed E-state index contributed by atoms with van der Waals surface area (Å²) in [4.78, 5) is 61.8. The zero-order valence-corrected chi connectivity index (χ0v) is 24.6. The van der Waals surface area contributed by atoms with E-state index in [4.69, 9.17) is 30.8 Å². The molecular weight excluding hydrogens is 608 g/mol. The highest BCUT2D eigenvalue weighted by molar-refractivity contribution is 8.03. The second kappa shape index (κ2) is 12.1. The minimum atomic E-state index is -0.821. The molecule has 0 saturated carbocycles. The van der Waals surface area contributed by atoms with Crippen LogP contribution in [0.3, 0.4) is 0 Å². The van der Waals surface area contributed by atoms with E-state index in [0.717, 1.165) is 23.1 Å². The van der Waals surface area contributed by atoms with E-state index in [1.54, 1.807) is 4.90 Å². The summed E-state index contributed by atoms with van der Waals surface area (Å²) in [7, 11) is 0. The van der Waals surface area contributed by atoms with Gasteiger partial charge in [0.2, 0.25) is 11.9 Å². The van der Waals surface area contributed by atoms with Crippen LogP contribution in [0.1, 0.15) is 39.3 Å². The molecule has 0 spiro atoms. The fourth-order valence-electron chi connectivity index (χ4n) is 5.05. The Hall–Kier alpha value is -3.75. The molecule has 0 amide bonds. The van der Waals surface area contributed by atoms with Gasteiger partial charge in [-0.2, -0.15) is 9.97 Å². The largest absolute Gasteiger partial charge is 0.458 e. The molecule has 3 aromatic rings. The highest BCUT2D eigenvalue weighted by atomic mass is 32.2. The Balaban J connectivity index is 0.000000173. The number of esters is 1. The van der Waals surface area contributed by atoms with E-state index in [9.17, 15) is 24.3 Å². The Labute approximate surface area is 250 Å². The Morgan fingerprint density at radius 3 is 2.44 bits per heavy atom. The molecule has 2 saturated heterocycles. The van der Waals surface area contributed by atoms with Crippen LogP contribution in [0.5, 0.6) is 0 Å². The number of H-pyrrole nitrogens is 2. The van der Waals surface area contributed by atoms with Gasteiger partial charge < -0.3 is 35.9 Å². The molecule has 8 N–H and O–H groups in total. The predicted molar refractivity (Wildman–Crippen MR) is 156 cm³/mol. The van der Waals surface area contributed by atoms with Crippen molar-refractivity contribution in [2.45, 2.75) is 74.9 Å². The number of rotatable bonds is 5. The zero-order chi connectivity index (χ0) is 31.2. The van der Waals surface area contributed by atoms with Gasteiger partial charge >= 0.3 is 10.8 Å². The topological polar surface area (TPSA) is 254 Å². The van der Waals surface area contributed by atoms with Crippen LogP contribution < -0.4 is 32.4 Å². The SMILES string of the molecule is C=C1Sc2c(nc(N)[nH]c2=O)N1[C@@H]1O[C@H](CO)C[C@H]1O.CC[C@@H]1C[C@@H](OC(C)=O)[C@H](n2c(=O)sc3c(=O)[nH]c(N)nc32)O1. The molecule has 6 heterocycles. The molecular formula is C24H30N8O9S2. The first kappa shape index (κ1) is 30.7. The lowest BCUT2D eigenvalue weighted by molar-refractivity contribution is -0.152. The molecule has 0 unspecified atom stereocenters. The van der Waals surface area contributed by atoms with Crippen LogP contribution in [-0.4, -0.2) is 77.9 Å². The summed E-state index contributed by atoms with van der Waals surface area (Å²) in [5.74, 6) is -0.245. The molecule has 0 bridgehead atoms. The van der Waals surface area contributed by atoms with Crippen LogP contribution in [0.15, 0.2) is 30.9 Å². The number of carbonyl (C=O) groups is 1. The highest BCUT2D eigenvalue weighted by Crippen LogP contribution is 2.45. The number of aliphatic hydroxyl groups is 2. The quantitative estimate of drug-likeness (QED) is 0.194. The van der Waals surface area contributed by atoms with Crippen LogP contribution in [-0.2, 0) is 19.0 Å². The maximum atomic E-state index is 12.3. The van der Waals surface area contributed by atoms with Gasteiger partial charge in [0, 0.05) is 19.8 Å². The number of hydrogen-bond donors (Lipinski definition) is 6. The van der Waals surface area contributed by atoms with Crippen molar-refractivity contribution in [1.29, 1.82) is 0 Å². The van der Waals surface area contributed by atoms with Gasteiger partial charge in [0.05, 0.1) is 23.8 Å². The predicted octanol–water partition coefficient (Wildman–Crippen LogP) is -0.439. The van der Waals surface area contributed by atoms with Crippen molar-refractivity contribution in [3.63, 3.8) is 0 Å². The molecule has 17 nitrogen and oxygen atoms in total. The Bertz CT molecular complexity index is 1740. The first-order valence-electron chi connectivity index (χ1n) is 13.1. The smallest absolute Gasteiger partial charge is 0.311 e. The van der Waals surface area contributed by atoms with Gasteiger partial charge in [-0.3, -0.25) is 38.6 Å². The number of nitrogen functional groups attached to an aromatic ring is 2. The van der Waals surface area contributed by atoms with Crippen molar-refractivity contribution < 1.29 is 29.2 Å². The molecule has 2 fully saturated rings. The number of thiazole rings is 1. The summed E-state index contributed by atoms with van der Waals surface area (Å²) in [6.07, 6.45) is -2.08. The minimum Gasteiger partial charge on any atom is -0.458 e. The molecule has 0 aliphatic carbocycles. The van der Waals surface area contributed by atoms with Gasteiger partial charge in [0.1, 0.15) is 21.8 Å². The molecule has 3 aromatic heterocycles. The third kappa shape index (κ3) is 5.91. The van der Waals surface area contributed by atoms with Crippen molar-refractivity contribution in [3.8, 4) is 0 Å². The normalized spacial score (nSPS) is 26.4. The van der Waals surface area contributed by atoms with E-state index in [0.29, 0.717) is 35.0 Å². The van der Waals surface area contributed by atoms with Gasteiger partial charge in [-0.15, -0.1) is 0 Å². The molecule has 0 radical (unpaired) electrons. The minimum absolute atomic E-state index is 0.0137. The number of thioether (sulfide) groups is 1. The van der Waals surface area contributed by atoms with Gasteiger partial charge in [0.25, 0.3) is 11.1 Å². The molecule has 6 atom stereocenters. The van der Waals surface area contributed by atoms with Gasteiger partial charge in [-0.25, -0.2) is 0 Å². The summed E-state index contributed by atoms with van der Waals surface area (Å²) >= 11 is 1.90. The van der Waals surface area contributed by atoms with Crippen LogP contribution in [0.4, 0.5) is 17.7 Å². The van der Waals surface area contributed by atoms with E-state index >= 15 is 0 Å². The van der Waals surface area contributed by atoms with Crippen LogP contribution in [0, 0.1) is 0 Å². The van der Waals surface area contributed by atoms with Crippen LogP contribution in [0.25, 0.3) is 10.3 Å². The number of hydrogen-bond acceptors (Lipinski definition) is 16. The lowest BCUT2D eigenvalue weighted by Gasteiger charge is -2.27. The molecule has 6 rings (SSSR count). The summed E-state index contributed by atoms with van der Waals surface area (Å²) in [6, 6.07) is 0. The average molecular weight is 639 g/mol. The lowest BCUT2D eigenvalue weighted by atomic mass is 10.1. The number of anilines is 3. The number of nitrogens with two attached hydrogens (primary N) is 2. The molecule has 232 valence electrons.